The minimum atomic E-state index is -0.444. The molecule has 110 valence electrons. The van der Waals surface area contributed by atoms with Gasteiger partial charge in [0.15, 0.2) is 5.78 Å². The van der Waals surface area contributed by atoms with Gasteiger partial charge < -0.3 is 9.47 Å². The van der Waals surface area contributed by atoms with Gasteiger partial charge >= 0.3 is 11.9 Å². The van der Waals surface area contributed by atoms with Crippen molar-refractivity contribution in [1.82, 2.24) is 0 Å². The van der Waals surface area contributed by atoms with Crippen LogP contribution in [0, 0.1) is 0 Å². The zero-order valence-corrected chi connectivity index (χ0v) is 12.0. The van der Waals surface area contributed by atoms with Gasteiger partial charge in [-0.3, -0.25) is 14.4 Å². The molecule has 0 atom stereocenters. The summed E-state index contributed by atoms with van der Waals surface area (Å²) in [6, 6.07) is 9.85. The number of ketones is 1. The van der Waals surface area contributed by atoms with Crippen molar-refractivity contribution < 1.29 is 23.9 Å². The van der Waals surface area contributed by atoms with Crippen LogP contribution in [0.2, 0.25) is 0 Å². The predicted molar refractivity (Wildman–Crippen MR) is 77.9 cm³/mol. The van der Waals surface area contributed by atoms with Gasteiger partial charge in [-0.15, -0.1) is 0 Å². The molecule has 2 aromatic rings. The molecule has 0 saturated carbocycles. The van der Waals surface area contributed by atoms with E-state index in [9.17, 15) is 14.4 Å². The van der Waals surface area contributed by atoms with Gasteiger partial charge in [0.1, 0.15) is 11.5 Å². The molecular weight excluding hydrogens is 284 g/mol. The molecule has 0 aromatic heterocycles. The molecule has 3 rings (SSSR count). The molecule has 0 amide bonds. The van der Waals surface area contributed by atoms with E-state index in [0.717, 1.165) is 11.1 Å². The Bertz CT molecular complexity index is 752. The van der Waals surface area contributed by atoms with Crippen LogP contribution in [0.3, 0.4) is 0 Å². The summed E-state index contributed by atoms with van der Waals surface area (Å²) in [5, 5.41) is 0. The third kappa shape index (κ3) is 2.37. The van der Waals surface area contributed by atoms with Gasteiger partial charge in [0.25, 0.3) is 0 Å². The number of benzene rings is 2. The summed E-state index contributed by atoms with van der Waals surface area (Å²) < 4.78 is 10.0. The van der Waals surface area contributed by atoms with Crippen LogP contribution < -0.4 is 9.47 Å². The third-order valence-electron chi connectivity index (χ3n) is 3.28. The van der Waals surface area contributed by atoms with Gasteiger partial charge in [-0.25, -0.2) is 0 Å². The van der Waals surface area contributed by atoms with Crippen molar-refractivity contribution in [3.63, 3.8) is 0 Å². The standard InChI is InChI=1S/C17H12O5/c1-9(18)21-11-3-5-13-14-6-4-12(22-10(2)19)8-16(14)17(20)15(13)7-11/h3-8H,1-2H3. The largest absolute Gasteiger partial charge is 0.427 e. The number of fused-ring (bicyclic) bond motifs is 3. The van der Waals surface area contributed by atoms with Gasteiger partial charge in [0.05, 0.1) is 0 Å². The van der Waals surface area contributed by atoms with Crippen molar-refractivity contribution in [3.05, 3.63) is 47.5 Å². The lowest BCUT2D eigenvalue weighted by Crippen LogP contribution is -2.03. The molecule has 0 radical (unpaired) electrons. The van der Waals surface area contributed by atoms with E-state index in [-0.39, 0.29) is 5.78 Å². The average molecular weight is 296 g/mol. The fourth-order valence-electron chi connectivity index (χ4n) is 2.50. The molecule has 5 heteroatoms. The lowest BCUT2D eigenvalue weighted by atomic mass is 10.1. The number of ether oxygens (including phenoxy) is 2. The number of hydrogen-bond donors (Lipinski definition) is 0. The molecular formula is C17H12O5. The lowest BCUT2D eigenvalue weighted by molar-refractivity contribution is -0.132. The van der Waals surface area contributed by atoms with Crippen LogP contribution in [0.25, 0.3) is 11.1 Å². The van der Waals surface area contributed by atoms with E-state index in [4.69, 9.17) is 9.47 Å². The van der Waals surface area contributed by atoms with Gasteiger partial charge in [-0.05, 0) is 47.5 Å². The van der Waals surface area contributed by atoms with Crippen molar-refractivity contribution in [1.29, 1.82) is 0 Å². The summed E-state index contributed by atoms with van der Waals surface area (Å²) in [7, 11) is 0. The zero-order valence-electron chi connectivity index (χ0n) is 12.0. The monoisotopic (exact) mass is 296 g/mol. The molecule has 0 saturated heterocycles. The predicted octanol–water partition coefficient (Wildman–Crippen LogP) is 2.75. The van der Waals surface area contributed by atoms with Crippen LogP contribution in [0.5, 0.6) is 11.5 Å². The van der Waals surface area contributed by atoms with Gasteiger partial charge in [0, 0.05) is 25.0 Å². The van der Waals surface area contributed by atoms with Crippen molar-refractivity contribution in [3.8, 4) is 22.6 Å². The van der Waals surface area contributed by atoms with Crippen LogP contribution in [0.4, 0.5) is 0 Å². The highest BCUT2D eigenvalue weighted by molar-refractivity contribution is 6.22. The Morgan fingerprint density at radius 2 is 1.14 bits per heavy atom. The number of carbonyl (C=O) groups excluding carboxylic acids is 3. The second-order valence-corrected chi connectivity index (χ2v) is 4.93. The molecule has 1 aliphatic carbocycles. The Hall–Kier alpha value is -2.95. The first-order chi connectivity index (χ1) is 10.5. The summed E-state index contributed by atoms with van der Waals surface area (Å²) in [6.07, 6.45) is 0. The first-order valence-corrected chi connectivity index (χ1v) is 6.65. The molecule has 22 heavy (non-hydrogen) atoms. The summed E-state index contributed by atoms with van der Waals surface area (Å²) in [6.45, 7) is 2.60. The fraction of sp³-hybridized carbons (Fsp3) is 0.118. The molecule has 0 fully saturated rings. The number of carbonyl (C=O) groups is 3. The van der Waals surface area contributed by atoms with Crippen LogP contribution in [-0.2, 0) is 9.59 Å². The van der Waals surface area contributed by atoms with E-state index in [1.165, 1.54) is 13.8 Å². The number of rotatable bonds is 2. The summed E-state index contributed by atoms with van der Waals surface area (Å²) in [5.74, 6) is -0.423. The average Bonchev–Trinajstić information content (AvgIpc) is 2.71. The number of hydrogen-bond acceptors (Lipinski definition) is 5. The molecule has 0 heterocycles. The first kappa shape index (κ1) is 14.0. The van der Waals surface area contributed by atoms with Gasteiger partial charge in [0.2, 0.25) is 0 Å². The van der Waals surface area contributed by atoms with Gasteiger partial charge in [-0.1, -0.05) is 0 Å². The highest BCUT2D eigenvalue weighted by Gasteiger charge is 2.27. The highest BCUT2D eigenvalue weighted by Crippen LogP contribution is 2.39. The normalized spacial score (nSPS) is 11.6. The molecule has 2 aromatic carbocycles. The molecule has 0 unspecified atom stereocenters. The Balaban J connectivity index is 2.03. The highest BCUT2D eigenvalue weighted by atomic mass is 16.5. The summed E-state index contributed by atoms with van der Waals surface area (Å²) >= 11 is 0. The summed E-state index contributed by atoms with van der Waals surface area (Å²) in [4.78, 5) is 34.5. The molecule has 0 aliphatic heterocycles. The molecule has 0 N–H and O–H groups in total. The maximum atomic E-state index is 12.5. The Kier molecular flexibility index (Phi) is 3.25. The fourth-order valence-corrected chi connectivity index (χ4v) is 2.50. The Morgan fingerprint density at radius 3 is 1.50 bits per heavy atom. The molecule has 5 nitrogen and oxygen atoms in total. The maximum absolute atomic E-state index is 12.5. The smallest absolute Gasteiger partial charge is 0.308 e. The Labute approximate surface area is 126 Å². The zero-order chi connectivity index (χ0) is 15.9. The molecule has 0 spiro atoms. The van der Waals surface area contributed by atoms with Crippen molar-refractivity contribution in [2.45, 2.75) is 13.8 Å². The van der Waals surface area contributed by atoms with Crippen LogP contribution in [0.15, 0.2) is 36.4 Å². The van der Waals surface area contributed by atoms with Gasteiger partial charge in [-0.2, -0.15) is 0 Å². The third-order valence-corrected chi connectivity index (χ3v) is 3.28. The molecule has 1 aliphatic rings. The van der Waals surface area contributed by atoms with Crippen LogP contribution in [0.1, 0.15) is 29.8 Å². The minimum absolute atomic E-state index is 0.187. The first-order valence-electron chi connectivity index (χ1n) is 6.65. The second-order valence-electron chi connectivity index (χ2n) is 4.93. The maximum Gasteiger partial charge on any atom is 0.308 e. The van der Waals surface area contributed by atoms with E-state index < -0.39 is 11.9 Å². The van der Waals surface area contributed by atoms with E-state index in [1.54, 1.807) is 36.4 Å². The van der Waals surface area contributed by atoms with Crippen molar-refractivity contribution in [2.24, 2.45) is 0 Å². The van der Waals surface area contributed by atoms with E-state index >= 15 is 0 Å². The van der Waals surface area contributed by atoms with Crippen molar-refractivity contribution in [2.75, 3.05) is 0 Å². The lowest BCUT2D eigenvalue weighted by Gasteiger charge is -2.04. The van der Waals surface area contributed by atoms with Crippen LogP contribution >= 0.6 is 0 Å². The molecule has 0 bridgehead atoms. The van der Waals surface area contributed by atoms with Crippen molar-refractivity contribution >= 4 is 17.7 Å². The second kappa shape index (κ2) is 5.11. The van der Waals surface area contributed by atoms with E-state index in [2.05, 4.69) is 0 Å². The SMILES string of the molecule is CC(=O)Oc1ccc2c(c1)C(=O)c1cc(OC(C)=O)ccc1-2. The number of esters is 2. The quantitative estimate of drug-likeness (QED) is 0.537. The Morgan fingerprint density at radius 1 is 0.727 bits per heavy atom. The minimum Gasteiger partial charge on any atom is -0.427 e. The van der Waals surface area contributed by atoms with Crippen LogP contribution in [-0.4, -0.2) is 17.7 Å². The summed E-state index contributed by atoms with van der Waals surface area (Å²) in [5.41, 5.74) is 2.47. The van der Waals surface area contributed by atoms with E-state index in [1.807, 2.05) is 0 Å². The van der Waals surface area contributed by atoms with E-state index in [0.29, 0.717) is 22.6 Å². The topological polar surface area (TPSA) is 69.7 Å².